The molecule has 0 fully saturated rings. The molecule has 0 unspecified atom stereocenters. The molecule has 1 aromatic carbocycles. The number of hydrogen-bond acceptors (Lipinski definition) is 3. The number of benzene rings is 1. The van der Waals surface area contributed by atoms with Crippen molar-refractivity contribution < 1.29 is 15.0 Å². The maximum absolute atomic E-state index is 11.7. The van der Waals surface area contributed by atoms with E-state index in [2.05, 4.69) is 21.2 Å². The summed E-state index contributed by atoms with van der Waals surface area (Å²) in [5.74, 6) is -0.314. The predicted molar refractivity (Wildman–Crippen MR) is 69.1 cm³/mol. The zero-order chi connectivity index (χ0) is 12.7. The van der Waals surface area contributed by atoms with Gasteiger partial charge in [-0.15, -0.1) is 0 Å². The number of unbranched alkanes of at least 4 members (excludes halogenated alkanes) is 2. The molecule has 3 N–H and O–H groups in total. The summed E-state index contributed by atoms with van der Waals surface area (Å²) in [5.41, 5.74) is 0.273. The summed E-state index contributed by atoms with van der Waals surface area (Å²) in [7, 11) is 0. The number of aromatic hydroxyl groups is 1. The predicted octanol–water partition coefficient (Wildman–Crippen LogP) is 2.05. The molecule has 0 spiro atoms. The van der Waals surface area contributed by atoms with Crippen LogP contribution in [0.3, 0.4) is 0 Å². The van der Waals surface area contributed by atoms with Gasteiger partial charge in [-0.3, -0.25) is 4.79 Å². The standard InChI is InChI=1S/C12H16BrNO3/c13-9-4-5-10(11(16)8-9)12(17)14-6-2-1-3-7-15/h4-5,8,15-16H,1-3,6-7H2,(H,14,17). The van der Waals surface area contributed by atoms with Crippen molar-refractivity contribution in [3.63, 3.8) is 0 Å². The maximum atomic E-state index is 11.7. The summed E-state index contributed by atoms with van der Waals surface area (Å²) in [6.45, 7) is 0.732. The van der Waals surface area contributed by atoms with Gasteiger partial charge in [0.2, 0.25) is 0 Å². The Morgan fingerprint density at radius 3 is 2.71 bits per heavy atom. The number of amides is 1. The van der Waals surface area contributed by atoms with Gasteiger partial charge in [0.25, 0.3) is 5.91 Å². The van der Waals surface area contributed by atoms with Gasteiger partial charge in [0.05, 0.1) is 5.56 Å². The van der Waals surface area contributed by atoms with Crippen LogP contribution in [0, 0.1) is 0 Å². The molecule has 17 heavy (non-hydrogen) atoms. The number of carbonyl (C=O) groups excluding carboxylic acids is 1. The summed E-state index contributed by atoms with van der Waals surface area (Å²) in [6, 6.07) is 4.77. The molecule has 1 aromatic rings. The fraction of sp³-hybridized carbons (Fsp3) is 0.417. The van der Waals surface area contributed by atoms with Gasteiger partial charge in [-0.05, 0) is 37.5 Å². The third-order valence-corrected chi connectivity index (χ3v) is 2.82. The van der Waals surface area contributed by atoms with Crippen LogP contribution < -0.4 is 5.32 Å². The highest BCUT2D eigenvalue weighted by Crippen LogP contribution is 2.21. The van der Waals surface area contributed by atoms with Gasteiger partial charge in [0.1, 0.15) is 5.75 Å². The normalized spacial score (nSPS) is 10.2. The summed E-state index contributed by atoms with van der Waals surface area (Å²) in [6.07, 6.45) is 2.45. The largest absolute Gasteiger partial charge is 0.507 e. The first-order valence-electron chi connectivity index (χ1n) is 5.52. The van der Waals surface area contributed by atoms with Crippen molar-refractivity contribution in [2.75, 3.05) is 13.2 Å². The SMILES string of the molecule is O=C(NCCCCCO)c1ccc(Br)cc1O. The molecule has 94 valence electrons. The highest BCUT2D eigenvalue weighted by atomic mass is 79.9. The Bertz CT molecular complexity index is 382. The van der Waals surface area contributed by atoms with E-state index in [-0.39, 0.29) is 23.8 Å². The summed E-state index contributed by atoms with van der Waals surface area (Å²) in [5, 5.41) is 20.9. The average Bonchev–Trinajstić information content (AvgIpc) is 2.28. The van der Waals surface area contributed by atoms with E-state index in [0.717, 1.165) is 23.7 Å². The van der Waals surface area contributed by atoms with Crippen LogP contribution in [0.15, 0.2) is 22.7 Å². The van der Waals surface area contributed by atoms with Gasteiger partial charge < -0.3 is 15.5 Å². The zero-order valence-electron chi connectivity index (χ0n) is 9.45. The minimum Gasteiger partial charge on any atom is -0.507 e. The molecule has 0 aromatic heterocycles. The first-order chi connectivity index (χ1) is 8.15. The van der Waals surface area contributed by atoms with Gasteiger partial charge in [-0.1, -0.05) is 15.9 Å². The van der Waals surface area contributed by atoms with E-state index in [9.17, 15) is 9.90 Å². The van der Waals surface area contributed by atoms with Gasteiger partial charge >= 0.3 is 0 Å². The lowest BCUT2D eigenvalue weighted by atomic mass is 10.2. The van der Waals surface area contributed by atoms with Gasteiger partial charge in [0, 0.05) is 17.6 Å². The molecule has 0 aliphatic rings. The minimum absolute atomic E-state index is 0.0350. The Morgan fingerprint density at radius 2 is 2.06 bits per heavy atom. The van der Waals surface area contributed by atoms with Crippen LogP contribution in [0.25, 0.3) is 0 Å². The molecule has 0 atom stereocenters. The van der Waals surface area contributed by atoms with Crippen molar-refractivity contribution in [3.8, 4) is 5.75 Å². The topological polar surface area (TPSA) is 69.6 Å². The van der Waals surface area contributed by atoms with Gasteiger partial charge in [0.15, 0.2) is 0 Å². The minimum atomic E-state index is -0.279. The number of halogens is 1. The average molecular weight is 302 g/mol. The first kappa shape index (κ1) is 14.0. The molecule has 0 aliphatic carbocycles. The molecule has 0 aliphatic heterocycles. The number of nitrogens with one attached hydrogen (secondary N) is 1. The zero-order valence-corrected chi connectivity index (χ0v) is 11.0. The molecule has 0 radical (unpaired) electrons. The van der Waals surface area contributed by atoms with Crippen LogP contribution in [0.2, 0.25) is 0 Å². The fourth-order valence-corrected chi connectivity index (χ4v) is 1.76. The summed E-state index contributed by atoms with van der Waals surface area (Å²) >= 11 is 3.21. The Hall–Kier alpha value is -1.07. The first-order valence-corrected chi connectivity index (χ1v) is 6.32. The van der Waals surface area contributed by atoms with Crippen molar-refractivity contribution >= 4 is 21.8 Å². The second kappa shape index (κ2) is 7.29. The van der Waals surface area contributed by atoms with Crippen LogP contribution >= 0.6 is 15.9 Å². The van der Waals surface area contributed by atoms with Crippen LogP contribution in [-0.4, -0.2) is 29.3 Å². The fourth-order valence-electron chi connectivity index (χ4n) is 1.41. The lowest BCUT2D eigenvalue weighted by molar-refractivity contribution is 0.0950. The van der Waals surface area contributed by atoms with Crippen molar-refractivity contribution in [1.82, 2.24) is 5.32 Å². The smallest absolute Gasteiger partial charge is 0.255 e. The number of phenolic OH excluding ortho intramolecular Hbond substituents is 1. The molecule has 4 nitrogen and oxygen atoms in total. The number of phenols is 1. The summed E-state index contributed by atoms with van der Waals surface area (Å²) in [4.78, 5) is 11.7. The van der Waals surface area contributed by atoms with Gasteiger partial charge in [-0.2, -0.15) is 0 Å². The van der Waals surface area contributed by atoms with Crippen molar-refractivity contribution in [3.05, 3.63) is 28.2 Å². The number of aliphatic hydroxyl groups excluding tert-OH is 1. The van der Waals surface area contributed by atoms with E-state index in [0.29, 0.717) is 6.54 Å². The highest BCUT2D eigenvalue weighted by molar-refractivity contribution is 9.10. The molecule has 0 saturated carbocycles. The molecule has 0 heterocycles. The molecular weight excluding hydrogens is 286 g/mol. The van der Waals surface area contributed by atoms with E-state index >= 15 is 0 Å². The van der Waals surface area contributed by atoms with E-state index in [1.54, 1.807) is 12.1 Å². The van der Waals surface area contributed by atoms with Crippen molar-refractivity contribution in [2.45, 2.75) is 19.3 Å². The van der Waals surface area contributed by atoms with Crippen molar-refractivity contribution in [2.24, 2.45) is 0 Å². The van der Waals surface area contributed by atoms with E-state index in [4.69, 9.17) is 5.11 Å². The molecular formula is C12H16BrNO3. The van der Waals surface area contributed by atoms with E-state index in [1.807, 2.05) is 0 Å². The highest BCUT2D eigenvalue weighted by Gasteiger charge is 2.10. The monoisotopic (exact) mass is 301 g/mol. The molecule has 0 saturated heterocycles. The second-order valence-corrected chi connectivity index (χ2v) is 4.62. The third kappa shape index (κ3) is 4.75. The lowest BCUT2D eigenvalue weighted by Gasteiger charge is -2.06. The van der Waals surface area contributed by atoms with Crippen LogP contribution in [-0.2, 0) is 0 Å². The Morgan fingerprint density at radius 1 is 1.29 bits per heavy atom. The molecule has 1 rings (SSSR count). The van der Waals surface area contributed by atoms with E-state index < -0.39 is 0 Å². The van der Waals surface area contributed by atoms with Crippen molar-refractivity contribution in [1.29, 1.82) is 0 Å². The summed E-state index contributed by atoms with van der Waals surface area (Å²) < 4.78 is 0.731. The Labute approximate surface area is 109 Å². The maximum Gasteiger partial charge on any atom is 0.255 e. The molecule has 1 amide bonds. The van der Waals surface area contributed by atoms with Crippen LogP contribution in [0.4, 0.5) is 0 Å². The van der Waals surface area contributed by atoms with Crippen LogP contribution in [0.1, 0.15) is 29.6 Å². The van der Waals surface area contributed by atoms with Crippen LogP contribution in [0.5, 0.6) is 5.75 Å². The number of rotatable bonds is 6. The molecule has 0 bridgehead atoms. The Balaban J connectivity index is 2.42. The van der Waals surface area contributed by atoms with Gasteiger partial charge in [-0.25, -0.2) is 0 Å². The number of aliphatic hydroxyl groups is 1. The second-order valence-electron chi connectivity index (χ2n) is 3.70. The molecule has 5 heteroatoms. The van der Waals surface area contributed by atoms with E-state index in [1.165, 1.54) is 6.07 Å². The Kier molecular flexibility index (Phi) is 6.00. The lowest BCUT2D eigenvalue weighted by Crippen LogP contribution is -2.24. The number of hydrogen-bond donors (Lipinski definition) is 3. The quantitative estimate of drug-likeness (QED) is 0.704. The third-order valence-electron chi connectivity index (χ3n) is 2.32. The number of carbonyl (C=O) groups is 1.